The van der Waals surface area contributed by atoms with Gasteiger partial charge >= 0.3 is 0 Å². The predicted molar refractivity (Wildman–Crippen MR) is 136 cm³/mol. The molecule has 5 nitrogen and oxygen atoms in total. The van der Waals surface area contributed by atoms with E-state index in [0.29, 0.717) is 24.7 Å². The number of guanidine groups is 1. The van der Waals surface area contributed by atoms with Gasteiger partial charge in [-0.25, -0.2) is 0 Å². The van der Waals surface area contributed by atoms with Crippen LogP contribution in [0.5, 0.6) is 0 Å². The maximum atomic E-state index is 12.4. The molecule has 3 rings (SSSR count). The molecule has 0 aromatic heterocycles. The number of ether oxygens (including phenoxy) is 1. The van der Waals surface area contributed by atoms with Crippen molar-refractivity contribution in [2.45, 2.75) is 25.7 Å². The molecule has 1 heterocycles. The van der Waals surface area contributed by atoms with Crippen LogP contribution in [0.4, 0.5) is 0 Å². The quantitative estimate of drug-likeness (QED) is 0.328. The lowest BCUT2D eigenvalue weighted by Crippen LogP contribution is -2.48. The predicted octanol–water partition coefficient (Wildman–Crippen LogP) is 3.90. The van der Waals surface area contributed by atoms with E-state index in [1.807, 2.05) is 30.3 Å². The van der Waals surface area contributed by atoms with Crippen LogP contribution >= 0.6 is 24.0 Å². The molecule has 1 aliphatic heterocycles. The third-order valence-corrected chi connectivity index (χ3v) is 6.28. The van der Waals surface area contributed by atoms with Crippen LogP contribution < -0.4 is 5.32 Å². The van der Waals surface area contributed by atoms with E-state index in [-0.39, 0.29) is 30.1 Å². The minimum Gasteiger partial charge on any atom is -0.370 e. The molecule has 0 bridgehead atoms. The minimum absolute atomic E-state index is 0. The van der Waals surface area contributed by atoms with Crippen molar-refractivity contribution in [3.05, 3.63) is 71.3 Å². The van der Waals surface area contributed by atoms with Crippen LogP contribution in [-0.4, -0.2) is 53.6 Å². The van der Waals surface area contributed by atoms with Gasteiger partial charge < -0.3 is 15.0 Å². The van der Waals surface area contributed by atoms with Crippen molar-refractivity contribution in [3.8, 4) is 0 Å². The van der Waals surface area contributed by atoms with Gasteiger partial charge in [0.05, 0.1) is 19.7 Å². The number of nitrogens with zero attached hydrogens (tertiary/aromatic N) is 2. The molecular weight excluding hydrogens is 509 g/mol. The lowest BCUT2D eigenvalue weighted by Gasteiger charge is -2.35. The van der Waals surface area contributed by atoms with Crippen LogP contribution in [0.3, 0.4) is 0 Å². The van der Waals surface area contributed by atoms with E-state index >= 15 is 0 Å². The molecule has 2 atom stereocenters. The van der Waals surface area contributed by atoms with E-state index in [9.17, 15) is 4.21 Å². The van der Waals surface area contributed by atoms with E-state index in [1.54, 1.807) is 0 Å². The van der Waals surface area contributed by atoms with Gasteiger partial charge in [-0.1, -0.05) is 54.6 Å². The summed E-state index contributed by atoms with van der Waals surface area (Å²) in [4.78, 5) is 7.01. The van der Waals surface area contributed by atoms with Crippen LogP contribution in [0.15, 0.2) is 59.6 Å². The highest BCUT2D eigenvalue weighted by molar-refractivity contribution is 14.0. The van der Waals surface area contributed by atoms with Crippen molar-refractivity contribution in [1.82, 2.24) is 10.2 Å². The third kappa shape index (κ3) is 7.35. The van der Waals surface area contributed by atoms with E-state index in [4.69, 9.17) is 9.73 Å². The second kappa shape index (κ2) is 13.1. The highest BCUT2D eigenvalue weighted by atomic mass is 127. The molecule has 7 heteroatoms. The Labute approximate surface area is 199 Å². The maximum absolute atomic E-state index is 12.4. The van der Waals surface area contributed by atoms with Gasteiger partial charge in [-0.3, -0.25) is 9.20 Å². The topological polar surface area (TPSA) is 53.9 Å². The summed E-state index contributed by atoms with van der Waals surface area (Å²) in [7, 11) is -0.914. The van der Waals surface area contributed by atoms with Crippen LogP contribution in [0.25, 0.3) is 0 Å². The molecule has 1 N–H and O–H groups in total. The van der Waals surface area contributed by atoms with Gasteiger partial charge in [0.15, 0.2) is 5.96 Å². The molecule has 0 saturated carbocycles. The molecular formula is C23H32IN3O2S. The molecule has 1 aliphatic rings. The Balaban J connectivity index is 0.00000320. The summed E-state index contributed by atoms with van der Waals surface area (Å²) in [5, 5.41) is 3.38. The SMILES string of the molecule is CCNC(=NCCS(=O)Cc1ccccc1)N1CCOC(c2ccccc2C)C1.I. The second-order valence-electron chi connectivity index (χ2n) is 7.17. The normalized spacial score (nSPS) is 17.9. The first kappa shape index (κ1) is 24.8. The van der Waals surface area contributed by atoms with E-state index < -0.39 is 10.8 Å². The monoisotopic (exact) mass is 541 g/mol. The lowest BCUT2D eigenvalue weighted by atomic mass is 10.0. The fourth-order valence-electron chi connectivity index (χ4n) is 3.49. The average molecular weight is 541 g/mol. The molecule has 164 valence electrons. The number of aryl methyl sites for hydroxylation is 1. The van der Waals surface area contributed by atoms with Gasteiger partial charge in [0.2, 0.25) is 0 Å². The smallest absolute Gasteiger partial charge is 0.194 e. The standard InChI is InChI=1S/C23H31N3O2S.HI/c1-3-24-23(25-13-16-29(27)18-20-10-5-4-6-11-20)26-14-15-28-22(17-26)21-12-8-7-9-19(21)2;/h4-12,22H,3,13-18H2,1-2H3,(H,24,25);1H. The Morgan fingerprint density at radius 3 is 2.67 bits per heavy atom. The molecule has 0 aliphatic carbocycles. The van der Waals surface area contributed by atoms with Crippen molar-refractivity contribution in [2.24, 2.45) is 4.99 Å². The largest absolute Gasteiger partial charge is 0.370 e. The number of aliphatic imine (C=N–C) groups is 1. The Bertz CT molecular complexity index is 832. The lowest BCUT2D eigenvalue weighted by molar-refractivity contribution is -0.00831. The Hall–Kier alpha value is -1.45. The maximum Gasteiger partial charge on any atom is 0.194 e. The summed E-state index contributed by atoms with van der Waals surface area (Å²) < 4.78 is 18.4. The number of morpholine rings is 1. The fraction of sp³-hybridized carbons (Fsp3) is 0.435. The molecule has 1 saturated heterocycles. The van der Waals surface area contributed by atoms with Crippen molar-refractivity contribution < 1.29 is 8.95 Å². The molecule has 2 aromatic rings. The van der Waals surface area contributed by atoms with E-state index in [2.05, 4.69) is 48.3 Å². The Morgan fingerprint density at radius 2 is 1.93 bits per heavy atom. The van der Waals surface area contributed by atoms with Crippen LogP contribution in [0.2, 0.25) is 0 Å². The van der Waals surface area contributed by atoms with Gasteiger partial charge in [0, 0.05) is 35.4 Å². The van der Waals surface area contributed by atoms with Crippen molar-refractivity contribution in [3.63, 3.8) is 0 Å². The summed E-state index contributed by atoms with van der Waals surface area (Å²) in [6, 6.07) is 18.4. The zero-order valence-electron chi connectivity index (χ0n) is 17.8. The van der Waals surface area contributed by atoms with Crippen LogP contribution in [0, 0.1) is 6.92 Å². The minimum atomic E-state index is -0.914. The summed E-state index contributed by atoms with van der Waals surface area (Å²) >= 11 is 0. The first-order valence-corrected chi connectivity index (χ1v) is 11.8. The molecule has 2 aromatic carbocycles. The van der Waals surface area contributed by atoms with Gasteiger partial charge in [-0.05, 0) is 30.5 Å². The van der Waals surface area contributed by atoms with Gasteiger partial charge in [0.1, 0.15) is 6.10 Å². The van der Waals surface area contributed by atoms with Crippen molar-refractivity contribution in [2.75, 3.05) is 38.5 Å². The Kier molecular flexibility index (Phi) is 10.8. The zero-order valence-corrected chi connectivity index (χ0v) is 20.9. The van der Waals surface area contributed by atoms with Crippen molar-refractivity contribution in [1.29, 1.82) is 0 Å². The highest BCUT2D eigenvalue weighted by Gasteiger charge is 2.25. The number of nitrogens with one attached hydrogen (secondary N) is 1. The number of hydrogen-bond donors (Lipinski definition) is 1. The molecule has 0 amide bonds. The van der Waals surface area contributed by atoms with Gasteiger partial charge in [-0.2, -0.15) is 0 Å². The molecule has 1 fully saturated rings. The van der Waals surface area contributed by atoms with Crippen LogP contribution in [0.1, 0.15) is 29.7 Å². The zero-order chi connectivity index (χ0) is 20.5. The van der Waals surface area contributed by atoms with Crippen LogP contribution in [-0.2, 0) is 21.3 Å². The fourth-order valence-corrected chi connectivity index (χ4v) is 4.49. The van der Waals surface area contributed by atoms with Gasteiger partial charge in [-0.15, -0.1) is 24.0 Å². The average Bonchev–Trinajstić information content (AvgIpc) is 2.74. The van der Waals surface area contributed by atoms with Gasteiger partial charge in [0.25, 0.3) is 0 Å². The van der Waals surface area contributed by atoms with E-state index in [0.717, 1.165) is 31.2 Å². The summed E-state index contributed by atoms with van der Waals surface area (Å²) in [6.07, 6.45) is 0.0426. The third-order valence-electron chi connectivity index (χ3n) is 4.99. The summed E-state index contributed by atoms with van der Waals surface area (Å²) in [6.45, 7) is 7.79. The molecule has 30 heavy (non-hydrogen) atoms. The Morgan fingerprint density at radius 1 is 1.20 bits per heavy atom. The van der Waals surface area contributed by atoms with Crippen molar-refractivity contribution >= 4 is 40.7 Å². The second-order valence-corrected chi connectivity index (χ2v) is 8.75. The number of hydrogen-bond acceptors (Lipinski definition) is 3. The molecule has 0 spiro atoms. The molecule has 2 unspecified atom stereocenters. The highest BCUT2D eigenvalue weighted by Crippen LogP contribution is 2.25. The number of rotatable bonds is 7. The summed E-state index contributed by atoms with van der Waals surface area (Å²) in [5.41, 5.74) is 3.59. The number of halogens is 1. The first-order chi connectivity index (χ1) is 14.2. The first-order valence-electron chi connectivity index (χ1n) is 10.3. The van der Waals surface area contributed by atoms with E-state index in [1.165, 1.54) is 11.1 Å². The number of benzene rings is 2. The molecule has 0 radical (unpaired) electrons. The summed E-state index contributed by atoms with van der Waals surface area (Å²) in [5.74, 6) is 2.03.